The highest BCUT2D eigenvalue weighted by Gasteiger charge is 2.19. The number of likely N-dealkylation sites (N-methyl/N-ethyl adjacent to an activating group) is 1. The minimum absolute atomic E-state index is 0.0170. The summed E-state index contributed by atoms with van der Waals surface area (Å²) in [5.41, 5.74) is 7.96. The first kappa shape index (κ1) is 23.6. The number of carbonyl (C=O) groups is 2. The van der Waals surface area contributed by atoms with Crippen molar-refractivity contribution in [1.82, 2.24) is 9.88 Å². The van der Waals surface area contributed by atoms with E-state index in [4.69, 9.17) is 21.0 Å². The molecule has 0 fully saturated rings. The normalized spacial score (nSPS) is 11.0. The van der Waals surface area contributed by atoms with Gasteiger partial charge in [0, 0.05) is 37.1 Å². The minimum atomic E-state index is -0.578. The van der Waals surface area contributed by atoms with Crippen LogP contribution in [-0.2, 0) is 9.53 Å². The van der Waals surface area contributed by atoms with Crippen LogP contribution in [0.4, 0.5) is 16.3 Å². The number of allylic oxidation sites excluding steroid dienone is 1. The Kier molecular flexibility index (Phi) is 8.71. The van der Waals surface area contributed by atoms with Crippen molar-refractivity contribution in [3.05, 3.63) is 65.9 Å². The molecule has 9 heteroatoms. The number of ether oxygens (including phenoxy) is 1. The third-order valence-electron chi connectivity index (χ3n) is 4.51. The largest absolute Gasteiger partial charge is 0.448 e. The number of nitrogens with zero attached hydrogens (tertiary/aromatic N) is 3. The molecular formula is C22H28N5O4+. The van der Waals surface area contributed by atoms with E-state index < -0.39 is 6.09 Å². The van der Waals surface area contributed by atoms with Crippen LogP contribution in [0, 0.1) is 0 Å². The number of hydrogen-bond donors (Lipinski definition) is 3. The molecule has 0 saturated carbocycles. The zero-order valence-corrected chi connectivity index (χ0v) is 17.7. The lowest BCUT2D eigenvalue weighted by atomic mass is 10.0. The SMILES string of the molecule is C/C(=C\C(=O)N(CCOC(=O)N(C)CCO)c1ccccc1)C(=[NH2+])c1cccnc1N. The molecule has 0 saturated heterocycles. The number of anilines is 2. The Morgan fingerprint density at radius 1 is 1.19 bits per heavy atom. The summed E-state index contributed by atoms with van der Waals surface area (Å²) in [6, 6.07) is 12.5. The standard InChI is InChI=1S/C22H27N5O4/c1-16(20(23)18-9-6-10-25-21(18)24)15-19(29)27(17-7-4-3-5-8-17)12-14-31-22(30)26(2)11-13-28/h3-10,15,23,28H,11-14H2,1-2H3,(H2,24,25)/p+1/b16-15+,23-20?. The Morgan fingerprint density at radius 3 is 2.55 bits per heavy atom. The maximum absolute atomic E-state index is 13.0. The molecule has 9 nitrogen and oxygen atoms in total. The molecule has 0 radical (unpaired) electrons. The molecule has 0 bridgehead atoms. The molecule has 31 heavy (non-hydrogen) atoms. The summed E-state index contributed by atoms with van der Waals surface area (Å²) in [6.07, 6.45) is 2.40. The summed E-state index contributed by atoms with van der Waals surface area (Å²) in [6.45, 7) is 1.84. The molecule has 5 N–H and O–H groups in total. The van der Waals surface area contributed by atoms with E-state index in [1.54, 1.807) is 37.4 Å². The lowest BCUT2D eigenvalue weighted by molar-refractivity contribution is -0.115. The number of pyridine rings is 1. The molecular weight excluding hydrogens is 398 g/mol. The number of amides is 2. The fraction of sp³-hybridized carbons (Fsp3) is 0.273. The van der Waals surface area contributed by atoms with Crippen LogP contribution < -0.4 is 16.0 Å². The second-order valence-corrected chi connectivity index (χ2v) is 6.76. The van der Waals surface area contributed by atoms with Crippen molar-refractivity contribution in [2.75, 3.05) is 44.0 Å². The number of rotatable bonds is 9. The predicted molar refractivity (Wildman–Crippen MR) is 118 cm³/mol. The quantitative estimate of drug-likeness (QED) is 0.389. The number of aliphatic hydroxyl groups excluding tert-OH is 1. The molecule has 0 atom stereocenters. The molecule has 0 aliphatic carbocycles. The van der Waals surface area contributed by atoms with Gasteiger partial charge in [-0.1, -0.05) is 18.2 Å². The van der Waals surface area contributed by atoms with E-state index in [-0.39, 0.29) is 38.0 Å². The van der Waals surface area contributed by atoms with Crippen LogP contribution in [0.15, 0.2) is 60.3 Å². The zero-order chi connectivity index (χ0) is 22.8. The molecule has 164 valence electrons. The third-order valence-corrected chi connectivity index (χ3v) is 4.51. The van der Waals surface area contributed by atoms with Gasteiger partial charge in [-0.2, -0.15) is 0 Å². The Morgan fingerprint density at radius 2 is 1.90 bits per heavy atom. The molecule has 2 aromatic rings. The zero-order valence-electron chi connectivity index (χ0n) is 17.7. The number of aliphatic hydroxyl groups is 1. The first-order valence-electron chi connectivity index (χ1n) is 9.72. The monoisotopic (exact) mass is 426 g/mol. The molecule has 1 aromatic carbocycles. The van der Waals surface area contributed by atoms with Gasteiger partial charge in [0.1, 0.15) is 12.4 Å². The highest BCUT2D eigenvalue weighted by Crippen LogP contribution is 2.16. The fourth-order valence-electron chi connectivity index (χ4n) is 2.75. The third kappa shape index (κ3) is 6.65. The van der Waals surface area contributed by atoms with Crippen LogP contribution >= 0.6 is 0 Å². The lowest BCUT2D eigenvalue weighted by Crippen LogP contribution is -2.42. The smallest absolute Gasteiger partial charge is 0.409 e. The van der Waals surface area contributed by atoms with Crippen LogP contribution in [0.3, 0.4) is 0 Å². The first-order valence-corrected chi connectivity index (χ1v) is 9.72. The number of carbonyl (C=O) groups excluding carboxylic acids is 2. The van der Waals surface area contributed by atoms with Crippen molar-refractivity contribution in [1.29, 1.82) is 0 Å². The second kappa shape index (κ2) is 11.5. The number of nitrogens with two attached hydrogens (primary N) is 2. The summed E-state index contributed by atoms with van der Waals surface area (Å²) >= 11 is 0. The maximum atomic E-state index is 13.0. The second-order valence-electron chi connectivity index (χ2n) is 6.76. The van der Waals surface area contributed by atoms with Crippen molar-refractivity contribution in [3.63, 3.8) is 0 Å². The van der Waals surface area contributed by atoms with Gasteiger partial charge in [-0.05, 0) is 31.2 Å². The molecule has 2 rings (SSSR count). The van der Waals surface area contributed by atoms with E-state index >= 15 is 0 Å². The summed E-state index contributed by atoms with van der Waals surface area (Å²) in [7, 11) is 1.52. The topological polar surface area (TPSA) is 135 Å². The number of benzene rings is 1. The van der Waals surface area contributed by atoms with Gasteiger partial charge < -0.3 is 25.4 Å². The molecule has 0 aliphatic rings. The van der Waals surface area contributed by atoms with E-state index in [2.05, 4.69) is 4.98 Å². The van der Waals surface area contributed by atoms with Crippen LogP contribution in [0.2, 0.25) is 0 Å². The van der Waals surface area contributed by atoms with Crippen molar-refractivity contribution < 1.29 is 24.8 Å². The van der Waals surface area contributed by atoms with Crippen molar-refractivity contribution in [2.24, 2.45) is 0 Å². The van der Waals surface area contributed by atoms with E-state index in [9.17, 15) is 9.59 Å². The van der Waals surface area contributed by atoms with Crippen molar-refractivity contribution in [3.8, 4) is 0 Å². The van der Waals surface area contributed by atoms with Gasteiger partial charge in [0.2, 0.25) is 5.71 Å². The number of para-hydroxylation sites is 1. The van der Waals surface area contributed by atoms with Crippen molar-refractivity contribution >= 4 is 29.2 Å². The Bertz CT molecular complexity index is 946. The Labute approximate surface area is 181 Å². The van der Waals surface area contributed by atoms with Gasteiger partial charge in [0.15, 0.2) is 0 Å². The average Bonchev–Trinajstić information content (AvgIpc) is 2.77. The van der Waals surface area contributed by atoms with Crippen molar-refractivity contribution in [2.45, 2.75) is 6.92 Å². The van der Waals surface area contributed by atoms with E-state index in [1.807, 2.05) is 18.2 Å². The van der Waals surface area contributed by atoms with Gasteiger partial charge in [-0.3, -0.25) is 10.2 Å². The van der Waals surface area contributed by atoms with E-state index in [0.717, 1.165) is 0 Å². The Balaban J connectivity index is 2.15. The van der Waals surface area contributed by atoms with Crippen LogP contribution in [0.25, 0.3) is 0 Å². The Hall–Kier alpha value is -3.72. The summed E-state index contributed by atoms with van der Waals surface area (Å²) in [5.74, 6) is -0.0482. The maximum Gasteiger partial charge on any atom is 0.409 e. The number of nitrogen functional groups attached to an aromatic ring is 1. The van der Waals surface area contributed by atoms with E-state index in [0.29, 0.717) is 22.5 Å². The minimum Gasteiger partial charge on any atom is -0.448 e. The summed E-state index contributed by atoms with van der Waals surface area (Å²) in [5, 5.41) is 15.1. The molecule has 1 aromatic heterocycles. The fourth-order valence-corrected chi connectivity index (χ4v) is 2.75. The average molecular weight is 426 g/mol. The van der Waals surface area contributed by atoms with Gasteiger partial charge >= 0.3 is 6.09 Å². The number of aromatic nitrogens is 1. The summed E-state index contributed by atoms with van der Waals surface area (Å²) in [4.78, 5) is 31.7. The van der Waals surface area contributed by atoms with Crippen LogP contribution in [0.1, 0.15) is 12.5 Å². The predicted octanol–water partition coefficient (Wildman–Crippen LogP) is 0.252. The molecule has 2 amide bonds. The van der Waals surface area contributed by atoms with Gasteiger partial charge in [0.25, 0.3) is 5.91 Å². The van der Waals surface area contributed by atoms with Crippen LogP contribution in [0.5, 0.6) is 0 Å². The number of hydrogen-bond acceptors (Lipinski definition) is 6. The highest BCUT2D eigenvalue weighted by atomic mass is 16.6. The molecule has 1 heterocycles. The molecule has 0 spiro atoms. The van der Waals surface area contributed by atoms with Gasteiger partial charge in [-0.15, -0.1) is 0 Å². The summed E-state index contributed by atoms with van der Waals surface area (Å²) < 4.78 is 5.20. The van der Waals surface area contributed by atoms with Gasteiger partial charge in [-0.25, -0.2) is 9.78 Å². The van der Waals surface area contributed by atoms with Crippen LogP contribution in [-0.4, -0.2) is 66.1 Å². The van der Waals surface area contributed by atoms with Gasteiger partial charge in [0.05, 0.1) is 18.7 Å². The van der Waals surface area contributed by atoms with E-state index in [1.165, 1.54) is 22.9 Å². The highest BCUT2D eigenvalue weighted by molar-refractivity contribution is 6.15. The molecule has 0 unspecified atom stereocenters. The first-order chi connectivity index (χ1) is 14.8. The molecule has 0 aliphatic heterocycles. The lowest BCUT2D eigenvalue weighted by Gasteiger charge is -2.22.